The molecule has 0 aromatic heterocycles. The van der Waals surface area contributed by atoms with E-state index in [-0.39, 0.29) is 17.0 Å². The fourth-order valence-electron chi connectivity index (χ4n) is 6.23. The number of rotatable bonds is 15. The summed E-state index contributed by atoms with van der Waals surface area (Å²) in [5, 5.41) is 17.0. The predicted molar refractivity (Wildman–Crippen MR) is 176 cm³/mol. The van der Waals surface area contributed by atoms with E-state index in [9.17, 15) is 32.9 Å². The molecular formula is C34H40N4O9S. The maximum atomic E-state index is 14.2. The smallest absolute Gasteiger partial charge is 0.407 e. The van der Waals surface area contributed by atoms with Crippen LogP contribution in [0.4, 0.5) is 10.5 Å². The minimum Gasteiger partial charge on any atom is -0.468 e. The summed E-state index contributed by atoms with van der Waals surface area (Å²) < 4.78 is 38.3. The number of benzene rings is 3. The molecule has 3 aromatic carbocycles. The molecule has 0 spiro atoms. The zero-order valence-electron chi connectivity index (χ0n) is 26.8. The third-order valence-corrected chi connectivity index (χ3v) is 10.1. The fourth-order valence-corrected chi connectivity index (χ4v) is 7.45. The lowest BCUT2D eigenvalue weighted by atomic mass is 9.83. The van der Waals surface area contributed by atoms with E-state index in [1.54, 1.807) is 0 Å². The summed E-state index contributed by atoms with van der Waals surface area (Å²) in [5.74, 6) is -1.73. The number of methoxy groups -OCH3 is 2. The molecule has 1 saturated carbocycles. The van der Waals surface area contributed by atoms with Crippen molar-refractivity contribution < 1.29 is 37.2 Å². The second-order valence-corrected chi connectivity index (χ2v) is 13.4. The SMILES string of the molecule is COC(=O)N[C@H](C(=O)NC1(CCC[C@H](NS(=O)(=O)c2ccc([N+](=O)[O-])cc2)C(=O)OC)CCCC1)C(c1ccccc1)c1ccccc1. The zero-order valence-corrected chi connectivity index (χ0v) is 27.6. The Morgan fingerprint density at radius 1 is 0.875 bits per heavy atom. The second-order valence-electron chi connectivity index (χ2n) is 11.7. The van der Waals surface area contributed by atoms with Gasteiger partial charge in [-0.1, -0.05) is 73.5 Å². The average Bonchev–Trinajstić information content (AvgIpc) is 3.56. The van der Waals surface area contributed by atoms with Gasteiger partial charge in [-0.25, -0.2) is 13.2 Å². The van der Waals surface area contributed by atoms with Gasteiger partial charge >= 0.3 is 12.1 Å². The molecule has 3 aromatic rings. The number of nitrogens with one attached hydrogen (secondary N) is 3. The van der Waals surface area contributed by atoms with Gasteiger partial charge in [-0.15, -0.1) is 0 Å². The molecule has 0 radical (unpaired) electrons. The molecule has 1 aliphatic rings. The topological polar surface area (TPSA) is 183 Å². The number of hydrogen-bond donors (Lipinski definition) is 3. The number of nitrogens with zero attached hydrogens (tertiary/aromatic N) is 1. The van der Waals surface area contributed by atoms with Gasteiger partial charge in [0.1, 0.15) is 12.1 Å². The van der Waals surface area contributed by atoms with Gasteiger partial charge in [0.25, 0.3) is 5.69 Å². The van der Waals surface area contributed by atoms with Gasteiger partial charge in [0.15, 0.2) is 0 Å². The lowest BCUT2D eigenvalue weighted by Crippen LogP contribution is -2.56. The fraction of sp³-hybridized carbons (Fsp3) is 0.382. The van der Waals surface area contributed by atoms with Crippen molar-refractivity contribution in [3.63, 3.8) is 0 Å². The van der Waals surface area contributed by atoms with E-state index < -0.39 is 56.5 Å². The Balaban J connectivity index is 1.53. The molecule has 1 fully saturated rings. The molecule has 3 N–H and O–H groups in total. The molecule has 48 heavy (non-hydrogen) atoms. The third-order valence-electron chi connectivity index (χ3n) is 8.63. The molecule has 14 heteroatoms. The van der Waals surface area contributed by atoms with Gasteiger partial charge in [0.2, 0.25) is 15.9 Å². The maximum Gasteiger partial charge on any atom is 0.407 e. The molecular weight excluding hydrogens is 640 g/mol. The van der Waals surface area contributed by atoms with Crippen molar-refractivity contribution in [3.05, 3.63) is 106 Å². The first-order chi connectivity index (χ1) is 23.0. The number of alkyl carbamates (subject to hydrolysis) is 1. The van der Waals surface area contributed by atoms with Gasteiger partial charge in [-0.05, 0) is 55.4 Å². The van der Waals surface area contributed by atoms with Crippen molar-refractivity contribution in [2.24, 2.45) is 0 Å². The summed E-state index contributed by atoms with van der Waals surface area (Å²) in [6.45, 7) is 0. The number of esters is 1. The Hall–Kier alpha value is -4.82. The lowest BCUT2D eigenvalue weighted by molar-refractivity contribution is -0.384. The minimum absolute atomic E-state index is 0.0665. The van der Waals surface area contributed by atoms with Crippen LogP contribution >= 0.6 is 0 Å². The van der Waals surface area contributed by atoms with E-state index in [0.29, 0.717) is 25.7 Å². The van der Waals surface area contributed by atoms with Gasteiger partial charge in [-0.2, -0.15) is 4.72 Å². The second kappa shape index (κ2) is 16.3. The standard InChI is InChI=1S/C34H40N4O9S/c1-46-32(40)28(37-48(44,45)27-19-17-26(18-20-27)38(42)43)16-11-23-34(21-9-10-22-34)36-31(39)30(35-33(41)47-2)29(24-12-5-3-6-13-24)25-14-7-4-8-15-25/h3-8,12-15,17-20,28-30,37H,9-11,16,21-23H2,1-2H3,(H,35,41)(H,36,39)/t28-,30-/m0/s1. The first kappa shape index (κ1) is 36.0. The van der Waals surface area contributed by atoms with Crippen LogP contribution in [0.2, 0.25) is 0 Å². The molecule has 0 unspecified atom stereocenters. The molecule has 4 rings (SSSR count). The number of non-ortho nitro benzene ring substituents is 1. The van der Waals surface area contributed by atoms with Crippen LogP contribution in [-0.2, 0) is 29.1 Å². The van der Waals surface area contributed by atoms with Crippen molar-refractivity contribution in [2.75, 3.05) is 14.2 Å². The Morgan fingerprint density at radius 2 is 1.44 bits per heavy atom. The third kappa shape index (κ3) is 9.16. The Labute approximate surface area is 279 Å². The molecule has 0 bridgehead atoms. The highest BCUT2D eigenvalue weighted by Crippen LogP contribution is 2.36. The van der Waals surface area contributed by atoms with Gasteiger partial charge in [-0.3, -0.25) is 19.7 Å². The van der Waals surface area contributed by atoms with Crippen LogP contribution in [0.25, 0.3) is 0 Å². The molecule has 0 heterocycles. The summed E-state index contributed by atoms with van der Waals surface area (Å²) in [5.41, 5.74) is 0.706. The van der Waals surface area contributed by atoms with Crippen LogP contribution in [0.5, 0.6) is 0 Å². The van der Waals surface area contributed by atoms with Crippen molar-refractivity contribution in [2.45, 2.75) is 73.4 Å². The summed E-state index contributed by atoms with van der Waals surface area (Å²) >= 11 is 0. The monoisotopic (exact) mass is 680 g/mol. The summed E-state index contributed by atoms with van der Waals surface area (Å²) in [6, 6.07) is 20.8. The number of amides is 2. The number of sulfonamides is 1. The number of hydrogen-bond acceptors (Lipinski definition) is 9. The van der Waals surface area contributed by atoms with Crippen LogP contribution < -0.4 is 15.4 Å². The van der Waals surface area contributed by atoms with E-state index in [1.165, 1.54) is 7.11 Å². The van der Waals surface area contributed by atoms with Gasteiger partial charge in [0, 0.05) is 23.6 Å². The molecule has 2 atom stereocenters. The first-order valence-electron chi connectivity index (χ1n) is 15.6. The number of nitro benzene ring substituents is 1. The summed E-state index contributed by atoms with van der Waals surface area (Å²) in [7, 11) is -1.84. The Kier molecular flexibility index (Phi) is 12.3. The number of carbonyl (C=O) groups excluding carboxylic acids is 3. The molecule has 1 aliphatic carbocycles. The summed E-state index contributed by atoms with van der Waals surface area (Å²) in [6.07, 6.45) is 3.10. The van der Waals surface area contributed by atoms with E-state index in [1.807, 2.05) is 60.7 Å². The van der Waals surface area contributed by atoms with Crippen LogP contribution in [-0.4, -0.2) is 63.2 Å². The lowest BCUT2D eigenvalue weighted by Gasteiger charge is -2.35. The average molecular weight is 681 g/mol. The number of ether oxygens (including phenoxy) is 2. The van der Waals surface area contributed by atoms with Gasteiger partial charge < -0.3 is 20.1 Å². The van der Waals surface area contributed by atoms with Crippen LogP contribution in [0.3, 0.4) is 0 Å². The van der Waals surface area contributed by atoms with Crippen LogP contribution in [0, 0.1) is 10.1 Å². The largest absolute Gasteiger partial charge is 0.468 e. The van der Waals surface area contributed by atoms with Crippen LogP contribution in [0.1, 0.15) is 62.0 Å². The van der Waals surface area contributed by atoms with Crippen LogP contribution in [0.15, 0.2) is 89.8 Å². The molecule has 13 nitrogen and oxygen atoms in total. The molecule has 0 aliphatic heterocycles. The summed E-state index contributed by atoms with van der Waals surface area (Å²) in [4.78, 5) is 49.5. The quantitative estimate of drug-likeness (QED) is 0.118. The van der Waals surface area contributed by atoms with Crippen molar-refractivity contribution in [1.82, 2.24) is 15.4 Å². The van der Waals surface area contributed by atoms with Gasteiger partial charge in [0.05, 0.1) is 24.0 Å². The highest BCUT2D eigenvalue weighted by atomic mass is 32.2. The minimum atomic E-state index is -4.22. The predicted octanol–water partition coefficient (Wildman–Crippen LogP) is 4.57. The zero-order chi connectivity index (χ0) is 34.7. The van der Waals surface area contributed by atoms with Crippen molar-refractivity contribution >= 4 is 33.7 Å². The maximum absolute atomic E-state index is 14.2. The number of carbonyl (C=O) groups is 3. The Bertz CT molecular complexity index is 1620. The van der Waals surface area contributed by atoms with Crippen molar-refractivity contribution in [3.8, 4) is 0 Å². The molecule has 0 saturated heterocycles. The van der Waals surface area contributed by atoms with Crippen molar-refractivity contribution in [1.29, 1.82) is 0 Å². The first-order valence-corrected chi connectivity index (χ1v) is 17.1. The number of nitro groups is 1. The molecule has 256 valence electrons. The molecule has 2 amide bonds. The highest BCUT2D eigenvalue weighted by molar-refractivity contribution is 7.89. The van der Waals surface area contributed by atoms with E-state index in [4.69, 9.17) is 9.47 Å². The normalized spacial score (nSPS) is 15.2. The Morgan fingerprint density at radius 3 is 1.94 bits per heavy atom. The highest BCUT2D eigenvalue weighted by Gasteiger charge is 2.40. The van der Waals surface area contributed by atoms with E-state index >= 15 is 0 Å². The van der Waals surface area contributed by atoms with E-state index in [2.05, 4.69) is 15.4 Å². The van der Waals surface area contributed by atoms with E-state index in [0.717, 1.165) is 55.3 Å².